The number of hydrogen-bond donors (Lipinski definition) is 1. The van der Waals surface area contributed by atoms with Gasteiger partial charge in [0.15, 0.2) is 0 Å². The van der Waals surface area contributed by atoms with Crippen LogP contribution < -0.4 is 0 Å². The summed E-state index contributed by atoms with van der Waals surface area (Å²) in [6.07, 6.45) is 4.06. The fourth-order valence-corrected chi connectivity index (χ4v) is 2.32. The highest BCUT2D eigenvalue weighted by molar-refractivity contribution is 7.80. The monoisotopic (exact) mass is 215 g/mol. The van der Waals surface area contributed by atoms with Crippen molar-refractivity contribution in [3.8, 4) is 0 Å². The Labute approximate surface area is 94.7 Å². The smallest absolute Gasteiger partial charge is 0.00121 e. The Morgan fingerprint density at radius 2 is 2.07 bits per heavy atom. The first kappa shape index (κ1) is 12.4. The third kappa shape index (κ3) is 4.22. The summed E-state index contributed by atoms with van der Waals surface area (Å²) in [6.45, 7) is 10.8. The van der Waals surface area contributed by atoms with Crippen LogP contribution in [-0.4, -0.2) is 29.8 Å². The Morgan fingerprint density at radius 3 is 2.64 bits per heavy atom. The van der Waals surface area contributed by atoms with E-state index in [9.17, 15) is 0 Å². The van der Waals surface area contributed by atoms with Gasteiger partial charge in [0.2, 0.25) is 0 Å². The highest BCUT2D eigenvalue weighted by Gasteiger charge is 2.21. The summed E-state index contributed by atoms with van der Waals surface area (Å²) in [7, 11) is 0. The van der Waals surface area contributed by atoms with Crippen LogP contribution >= 0.6 is 12.6 Å². The minimum atomic E-state index is 0.550. The lowest BCUT2D eigenvalue weighted by Crippen LogP contribution is -2.38. The minimum Gasteiger partial charge on any atom is -0.303 e. The average Bonchev–Trinajstić information content (AvgIpc) is 2.15. The van der Waals surface area contributed by atoms with Crippen LogP contribution in [0.15, 0.2) is 0 Å². The van der Waals surface area contributed by atoms with Gasteiger partial charge in [0.05, 0.1) is 0 Å². The molecule has 0 aromatic rings. The van der Waals surface area contributed by atoms with Crippen molar-refractivity contribution in [2.45, 2.75) is 45.3 Å². The summed E-state index contributed by atoms with van der Waals surface area (Å²) in [4.78, 5) is 2.63. The van der Waals surface area contributed by atoms with Gasteiger partial charge in [-0.15, -0.1) is 0 Å². The topological polar surface area (TPSA) is 3.24 Å². The highest BCUT2D eigenvalue weighted by atomic mass is 32.1. The molecule has 2 heteroatoms. The van der Waals surface area contributed by atoms with E-state index in [4.69, 9.17) is 0 Å². The fourth-order valence-electron chi connectivity index (χ4n) is 2.21. The normalized spacial score (nSPS) is 26.8. The molecule has 0 radical (unpaired) electrons. The first-order valence-electron chi connectivity index (χ1n) is 6.00. The molecule has 0 N–H and O–H groups in total. The second-order valence-electron chi connectivity index (χ2n) is 5.08. The van der Waals surface area contributed by atoms with E-state index in [-0.39, 0.29) is 0 Å². The van der Waals surface area contributed by atoms with Crippen LogP contribution in [0.25, 0.3) is 0 Å². The molecule has 0 saturated carbocycles. The molecule has 1 fully saturated rings. The molecule has 1 aliphatic rings. The summed E-state index contributed by atoms with van der Waals surface area (Å²) in [5.41, 5.74) is 0. The van der Waals surface area contributed by atoms with E-state index < -0.39 is 0 Å². The van der Waals surface area contributed by atoms with Gasteiger partial charge in [0, 0.05) is 11.8 Å². The van der Waals surface area contributed by atoms with Crippen molar-refractivity contribution in [1.82, 2.24) is 4.90 Å². The molecular formula is C12H25NS. The second-order valence-corrected chi connectivity index (χ2v) is 5.97. The van der Waals surface area contributed by atoms with Crippen LogP contribution in [0.4, 0.5) is 0 Å². The van der Waals surface area contributed by atoms with Gasteiger partial charge >= 0.3 is 0 Å². The Balaban J connectivity index is 2.25. The summed E-state index contributed by atoms with van der Waals surface area (Å²) in [5.74, 6) is 1.78. The molecule has 2 unspecified atom stereocenters. The molecule has 0 aromatic carbocycles. The highest BCUT2D eigenvalue weighted by Crippen LogP contribution is 2.23. The van der Waals surface area contributed by atoms with Gasteiger partial charge in [-0.2, -0.15) is 12.6 Å². The molecule has 1 saturated heterocycles. The zero-order valence-corrected chi connectivity index (χ0v) is 10.8. The van der Waals surface area contributed by atoms with Gasteiger partial charge in [0.1, 0.15) is 0 Å². The Bertz CT molecular complexity index is 156. The number of hydrogen-bond acceptors (Lipinski definition) is 2. The predicted molar refractivity (Wildman–Crippen MR) is 67.1 cm³/mol. The second kappa shape index (κ2) is 6.02. The lowest BCUT2D eigenvalue weighted by molar-refractivity contribution is 0.144. The Morgan fingerprint density at radius 1 is 1.36 bits per heavy atom. The van der Waals surface area contributed by atoms with Crippen LogP contribution in [0.3, 0.4) is 0 Å². The van der Waals surface area contributed by atoms with Crippen LogP contribution in [0.2, 0.25) is 0 Å². The zero-order chi connectivity index (χ0) is 10.6. The van der Waals surface area contributed by atoms with Gasteiger partial charge in [-0.1, -0.05) is 20.8 Å². The van der Waals surface area contributed by atoms with Gasteiger partial charge in [-0.3, -0.25) is 0 Å². The van der Waals surface area contributed by atoms with Crippen LogP contribution in [0.5, 0.6) is 0 Å². The van der Waals surface area contributed by atoms with Gasteiger partial charge in [0.25, 0.3) is 0 Å². The minimum absolute atomic E-state index is 0.550. The van der Waals surface area contributed by atoms with Crippen molar-refractivity contribution in [3.63, 3.8) is 0 Å². The molecule has 1 rings (SSSR count). The Hall–Kier alpha value is 0.310. The van der Waals surface area contributed by atoms with Gasteiger partial charge < -0.3 is 4.90 Å². The lowest BCUT2D eigenvalue weighted by atomic mass is 9.88. The van der Waals surface area contributed by atoms with E-state index in [1.165, 1.54) is 38.9 Å². The molecule has 2 atom stereocenters. The molecule has 0 aromatic heterocycles. The molecule has 0 amide bonds. The van der Waals surface area contributed by atoms with Gasteiger partial charge in [-0.25, -0.2) is 0 Å². The number of likely N-dealkylation sites (tertiary alicyclic amines) is 1. The molecule has 1 aliphatic heterocycles. The SMILES string of the molecule is CC(S)CCN1CCCC(C(C)C)C1. The lowest BCUT2D eigenvalue weighted by Gasteiger charge is -2.35. The predicted octanol–water partition coefficient (Wildman–Crippen LogP) is 3.06. The van der Waals surface area contributed by atoms with Crippen molar-refractivity contribution in [3.05, 3.63) is 0 Å². The maximum absolute atomic E-state index is 4.43. The van der Waals surface area contributed by atoms with E-state index >= 15 is 0 Å². The van der Waals surface area contributed by atoms with Gasteiger partial charge in [-0.05, 0) is 44.2 Å². The largest absolute Gasteiger partial charge is 0.303 e. The molecule has 1 nitrogen and oxygen atoms in total. The van der Waals surface area contributed by atoms with Crippen molar-refractivity contribution in [2.24, 2.45) is 11.8 Å². The summed E-state index contributed by atoms with van der Waals surface area (Å²) >= 11 is 4.43. The number of thiol groups is 1. The zero-order valence-electron chi connectivity index (χ0n) is 9.87. The molecule has 1 heterocycles. The van der Waals surface area contributed by atoms with E-state index in [2.05, 4.69) is 38.3 Å². The third-order valence-corrected chi connectivity index (χ3v) is 3.61. The first-order chi connectivity index (χ1) is 6.59. The molecule has 14 heavy (non-hydrogen) atoms. The van der Waals surface area contributed by atoms with Crippen molar-refractivity contribution in [1.29, 1.82) is 0 Å². The molecule has 84 valence electrons. The summed E-state index contributed by atoms with van der Waals surface area (Å²) in [5, 5.41) is 0.550. The third-order valence-electron chi connectivity index (χ3n) is 3.35. The standard InChI is InChI=1S/C12H25NS/c1-10(2)12-5-4-7-13(9-12)8-6-11(3)14/h10-12,14H,4-9H2,1-3H3. The van der Waals surface area contributed by atoms with E-state index in [0.29, 0.717) is 5.25 Å². The van der Waals surface area contributed by atoms with Crippen molar-refractivity contribution >= 4 is 12.6 Å². The number of nitrogens with zero attached hydrogens (tertiary/aromatic N) is 1. The van der Waals surface area contributed by atoms with Crippen molar-refractivity contribution < 1.29 is 0 Å². The average molecular weight is 215 g/mol. The van der Waals surface area contributed by atoms with Crippen LogP contribution in [-0.2, 0) is 0 Å². The molecule has 0 aliphatic carbocycles. The molecule has 0 spiro atoms. The Kier molecular flexibility index (Phi) is 5.32. The number of piperidine rings is 1. The summed E-state index contributed by atoms with van der Waals surface area (Å²) < 4.78 is 0. The van der Waals surface area contributed by atoms with E-state index in [1.807, 2.05) is 0 Å². The maximum Gasteiger partial charge on any atom is 0.00121 e. The first-order valence-corrected chi connectivity index (χ1v) is 6.51. The van der Waals surface area contributed by atoms with E-state index in [1.54, 1.807) is 0 Å². The number of rotatable bonds is 4. The molecule has 0 bridgehead atoms. The maximum atomic E-state index is 4.43. The molecular weight excluding hydrogens is 190 g/mol. The fraction of sp³-hybridized carbons (Fsp3) is 1.00. The van der Waals surface area contributed by atoms with Crippen LogP contribution in [0.1, 0.15) is 40.0 Å². The van der Waals surface area contributed by atoms with E-state index in [0.717, 1.165) is 11.8 Å². The quantitative estimate of drug-likeness (QED) is 0.705. The van der Waals surface area contributed by atoms with Crippen LogP contribution in [0, 0.1) is 11.8 Å². The van der Waals surface area contributed by atoms with Crippen molar-refractivity contribution in [2.75, 3.05) is 19.6 Å². The summed E-state index contributed by atoms with van der Waals surface area (Å²) in [6, 6.07) is 0.